The average molecular weight is 322 g/mol. The number of carbonyl (C=O) groups excluding carboxylic acids is 1. The lowest BCUT2D eigenvalue weighted by Gasteiger charge is -2.54. The molecule has 0 saturated carbocycles. The second kappa shape index (κ2) is 5.89. The number of aromatic nitrogens is 2. The molecule has 24 heavy (non-hydrogen) atoms. The summed E-state index contributed by atoms with van der Waals surface area (Å²) >= 11 is 0. The van der Waals surface area contributed by atoms with Crippen LogP contribution in [0.25, 0.3) is 11.3 Å². The Labute approximate surface area is 142 Å². The zero-order valence-electron chi connectivity index (χ0n) is 14.1. The first kappa shape index (κ1) is 15.1. The minimum atomic E-state index is -0.0218. The van der Waals surface area contributed by atoms with Crippen molar-refractivity contribution in [1.29, 1.82) is 0 Å². The van der Waals surface area contributed by atoms with Crippen LogP contribution in [0, 0.1) is 12.8 Å². The highest BCUT2D eigenvalue weighted by Gasteiger charge is 2.46. The van der Waals surface area contributed by atoms with Gasteiger partial charge in [0.2, 0.25) is 0 Å². The zero-order valence-corrected chi connectivity index (χ0v) is 14.1. The van der Waals surface area contributed by atoms with Crippen LogP contribution in [0.1, 0.15) is 31.7 Å². The fourth-order valence-electron chi connectivity index (χ4n) is 4.04. The number of pyridine rings is 2. The number of rotatable bonds is 2. The van der Waals surface area contributed by atoms with Crippen molar-refractivity contribution in [2.24, 2.45) is 5.92 Å². The number of aryl methyl sites for hydroxylation is 1. The molecule has 1 N–H and O–H groups in total. The lowest BCUT2D eigenvalue weighted by atomic mass is 9.74. The van der Waals surface area contributed by atoms with E-state index >= 15 is 0 Å². The van der Waals surface area contributed by atoms with Crippen molar-refractivity contribution in [2.75, 3.05) is 5.32 Å². The number of urea groups is 1. The first-order valence-corrected chi connectivity index (χ1v) is 8.59. The molecule has 0 spiro atoms. The summed E-state index contributed by atoms with van der Waals surface area (Å²) in [7, 11) is 0. The third-order valence-corrected chi connectivity index (χ3v) is 5.19. The molecular formula is C19H22N4O. The van der Waals surface area contributed by atoms with Gasteiger partial charge < -0.3 is 4.90 Å². The van der Waals surface area contributed by atoms with Crippen LogP contribution in [0.2, 0.25) is 0 Å². The Balaban J connectivity index is 1.52. The second-order valence-electron chi connectivity index (χ2n) is 7.06. The van der Waals surface area contributed by atoms with Crippen LogP contribution in [-0.4, -0.2) is 33.0 Å². The van der Waals surface area contributed by atoms with Crippen LogP contribution in [-0.2, 0) is 0 Å². The highest BCUT2D eigenvalue weighted by Crippen LogP contribution is 2.41. The number of amides is 2. The molecule has 4 rings (SSSR count). The number of hydrogen-bond donors (Lipinski definition) is 1. The summed E-state index contributed by atoms with van der Waals surface area (Å²) in [5, 5.41) is 2.97. The molecule has 2 unspecified atom stereocenters. The monoisotopic (exact) mass is 322 g/mol. The van der Waals surface area contributed by atoms with E-state index < -0.39 is 0 Å². The standard InChI is InChI=1S/C19H22N4O/c1-12-7-14-9-15(8-12)23(14)19(24)22-18-10-16(13(2)11-21-18)17-5-3-4-6-20-17/h3-6,10-12,14-15H,7-9H2,1-2H3,(H,21,22,24)/t12?,14-,15?/m1/s1. The number of anilines is 1. The molecule has 0 radical (unpaired) electrons. The predicted molar refractivity (Wildman–Crippen MR) is 93.7 cm³/mol. The molecule has 2 aromatic rings. The molecule has 5 nitrogen and oxygen atoms in total. The quantitative estimate of drug-likeness (QED) is 0.913. The van der Waals surface area contributed by atoms with Crippen LogP contribution in [0.5, 0.6) is 0 Å². The molecule has 2 aromatic heterocycles. The third-order valence-electron chi connectivity index (χ3n) is 5.19. The zero-order chi connectivity index (χ0) is 16.7. The van der Waals surface area contributed by atoms with Crippen molar-refractivity contribution in [1.82, 2.24) is 14.9 Å². The molecule has 2 aliphatic rings. The minimum Gasteiger partial charge on any atom is -0.318 e. The van der Waals surface area contributed by atoms with Gasteiger partial charge in [0.15, 0.2) is 0 Å². The van der Waals surface area contributed by atoms with Crippen LogP contribution >= 0.6 is 0 Å². The van der Waals surface area contributed by atoms with Gasteiger partial charge in [-0.1, -0.05) is 13.0 Å². The summed E-state index contributed by atoms with van der Waals surface area (Å²) < 4.78 is 0. The summed E-state index contributed by atoms with van der Waals surface area (Å²) in [6, 6.07) is 8.52. The largest absolute Gasteiger partial charge is 0.323 e. The van der Waals surface area contributed by atoms with Crippen LogP contribution in [0.3, 0.4) is 0 Å². The van der Waals surface area contributed by atoms with Crippen LogP contribution < -0.4 is 5.32 Å². The van der Waals surface area contributed by atoms with E-state index in [4.69, 9.17) is 0 Å². The van der Waals surface area contributed by atoms with Gasteiger partial charge in [0.1, 0.15) is 5.82 Å². The number of carbonyl (C=O) groups is 1. The third kappa shape index (κ3) is 2.64. The average Bonchev–Trinajstić information content (AvgIpc) is 2.57. The second-order valence-corrected chi connectivity index (χ2v) is 7.06. The summed E-state index contributed by atoms with van der Waals surface area (Å²) in [6.45, 7) is 4.28. The minimum absolute atomic E-state index is 0.0218. The maximum atomic E-state index is 12.6. The van der Waals surface area contributed by atoms with Gasteiger partial charge in [-0.15, -0.1) is 0 Å². The van der Waals surface area contributed by atoms with Gasteiger partial charge in [0.25, 0.3) is 0 Å². The molecule has 5 heteroatoms. The number of nitrogens with zero attached hydrogens (tertiary/aromatic N) is 3. The molecule has 2 aliphatic heterocycles. The maximum absolute atomic E-state index is 12.6. The lowest BCUT2D eigenvalue weighted by molar-refractivity contribution is -0.00603. The van der Waals surface area contributed by atoms with E-state index in [1.54, 1.807) is 12.4 Å². The van der Waals surface area contributed by atoms with Crippen molar-refractivity contribution in [2.45, 2.75) is 45.2 Å². The first-order chi connectivity index (χ1) is 11.6. The van der Waals surface area contributed by atoms with Crippen molar-refractivity contribution < 1.29 is 4.79 Å². The number of nitrogens with one attached hydrogen (secondary N) is 1. The molecule has 124 valence electrons. The molecule has 0 aromatic carbocycles. The Bertz CT molecular complexity index is 749. The molecule has 2 amide bonds. The molecule has 2 saturated heterocycles. The van der Waals surface area contributed by atoms with Gasteiger partial charge in [-0.25, -0.2) is 9.78 Å². The molecule has 2 fully saturated rings. The Kier molecular flexibility index (Phi) is 3.71. The van der Waals surface area contributed by atoms with Crippen molar-refractivity contribution in [3.8, 4) is 11.3 Å². The fourth-order valence-corrected chi connectivity index (χ4v) is 4.04. The summed E-state index contributed by atoms with van der Waals surface area (Å²) in [6.07, 6.45) is 6.95. The van der Waals surface area contributed by atoms with E-state index in [0.717, 1.165) is 42.0 Å². The molecule has 3 atom stereocenters. The SMILES string of the molecule is Cc1cnc(NC(=O)N2C3CC(C)C[C@@H]2C3)cc1-c1ccccn1. The molecular weight excluding hydrogens is 300 g/mol. The van der Waals surface area contributed by atoms with Gasteiger partial charge >= 0.3 is 6.03 Å². The van der Waals surface area contributed by atoms with E-state index in [1.807, 2.05) is 36.1 Å². The summed E-state index contributed by atoms with van der Waals surface area (Å²) in [5.74, 6) is 1.32. The summed E-state index contributed by atoms with van der Waals surface area (Å²) in [4.78, 5) is 23.4. The fraction of sp³-hybridized carbons (Fsp3) is 0.421. The number of piperidine rings is 1. The van der Waals surface area contributed by atoms with Gasteiger partial charge in [-0.05, 0) is 55.9 Å². The van der Waals surface area contributed by atoms with E-state index in [1.165, 1.54) is 0 Å². The summed E-state index contributed by atoms with van der Waals surface area (Å²) in [5.41, 5.74) is 2.93. The van der Waals surface area contributed by atoms with E-state index in [-0.39, 0.29) is 6.03 Å². The normalized spacial score (nSPS) is 25.1. The maximum Gasteiger partial charge on any atom is 0.323 e. The van der Waals surface area contributed by atoms with Gasteiger partial charge in [0.05, 0.1) is 5.69 Å². The Hall–Kier alpha value is -2.43. The molecule has 4 heterocycles. The van der Waals surface area contributed by atoms with Crippen molar-refractivity contribution >= 4 is 11.8 Å². The first-order valence-electron chi connectivity index (χ1n) is 8.59. The van der Waals surface area contributed by atoms with E-state index in [2.05, 4.69) is 22.2 Å². The number of hydrogen-bond acceptors (Lipinski definition) is 3. The van der Waals surface area contributed by atoms with Crippen LogP contribution in [0.15, 0.2) is 36.7 Å². The molecule has 0 aliphatic carbocycles. The van der Waals surface area contributed by atoms with E-state index in [9.17, 15) is 4.79 Å². The number of fused-ring (bicyclic) bond motifs is 2. The highest BCUT2D eigenvalue weighted by atomic mass is 16.2. The Morgan fingerprint density at radius 2 is 2.00 bits per heavy atom. The van der Waals surface area contributed by atoms with Crippen molar-refractivity contribution in [3.05, 3.63) is 42.2 Å². The van der Waals surface area contributed by atoms with Gasteiger partial charge in [-0.2, -0.15) is 0 Å². The van der Waals surface area contributed by atoms with E-state index in [0.29, 0.717) is 17.9 Å². The van der Waals surface area contributed by atoms with Crippen LogP contribution in [0.4, 0.5) is 10.6 Å². The predicted octanol–water partition coefficient (Wildman–Crippen LogP) is 3.86. The smallest absolute Gasteiger partial charge is 0.318 e. The Morgan fingerprint density at radius 1 is 1.21 bits per heavy atom. The lowest BCUT2D eigenvalue weighted by Crippen LogP contribution is -2.63. The Morgan fingerprint density at radius 3 is 2.71 bits per heavy atom. The molecule has 2 bridgehead atoms. The highest BCUT2D eigenvalue weighted by molar-refractivity contribution is 5.90. The van der Waals surface area contributed by atoms with Crippen molar-refractivity contribution in [3.63, 3.8) is 0 Å². The van der Waals surface area contributed by atoms with Gasteiger partial charge in [-0.3, -0.25) is 10.3 Å². The van der Waals surface area contributed by atoms with Gasteiger partial charge in [0, 0.05) is 30.0 Å². The topological polar surface area (TPSA) is 58.1 Å².